The maximum atomic E-state index is 5.68. The molecule has 2 aromatic heterocycles. The van der Waals surface area contributed by atoms with Gasteiger partial charge in [0, 0.05) is 6.42 Å². The molecule has 0 aliphatic carbocycles. The van der Waals surface area contributed by atoms with E-state index in [0.717, 1.165) is 43.3 Å². The van der Waals surface area contributed by atoms with Crippen LogP contribution in [0, 0.1) is 12.8 Å². The zero-order valence-corrected chi connectivity index (χ0v) is 11.9. The van der Waals surface area contributed by atoms with Crippen molar-refractivity contribution in [1.29, 1.82) is 0 Å². The summed E-state index contributed by atoms with van der Waals surface area (Å²) in [6.07, 6.45) is 3.61. The van der Waals surface area contributed by atoms with Crippen LogP contribution in [-0.2, 0) is 6.42 Å². The van der Waals surface area contributed by atoms with Crippen LogP contribution in [0.5, 0.6) is 0 Å². The van der Waals surface area contributed by atoms with E-state index in [1.54, 1.807) is 6.20 Å². The molecule has 0 saturated heterocycles. The van der Waals surface area contributed by atoms with Gasteiger partial charge in [-0.25, -0.2) is 4.98 Å². The van der Waals surface area contributed by atoms with E-state index >= 15 is 0 Å². The molecule has 0 atom stereocenters. The Morgan fingerprint density at radius 2 is 2.05 bits per heavy atom. The molecule has 0 unspecified atom stereocenters. The average Bonchev–Trinajstić information content (AvgIpc) is 2.97. The first-order chi connectivity index (χ1) is 9.15. The number of aryl methyl sites for hydroxylation is 2. The van der Waals surface area contributed by atoms with Gasteiger partial charge in [-0.2, -0.15) is 0 Å². The summed E-state index contributed by atoms with van der Waals surface area (Å²) in [6.45, 7) is 8.39. The lowest BCUT2D eigenvalue weighted by atomic mass is 10.2. The molecule has 0 bridgehead atoms. The van der Waals surface area contributed by atoms with Crippen LogP contribution >= 0.6 is 0 Å². The van der Waals surface area contributed by atoms with Crippen molar-refractivity contribution < 1.29 is 8.83 Å². The Morgan fingerprint density at radius 3 is 2.74 bits per heavy atom. The van der Waals surface area contributed by atoms with Gasteiger partial charge >= 0.3 is 0 Å². The molecule has 0 aliphatic rings. The zero-order chi connectivity index (χ0) is 13.7. The molecule has 0 aromatic carbocycles. The average molecular weight is 262 g/mol. The summed E-state index contributed by atoms with van der Waals surface area (Å²) in [7, 11) is 0. The Kier molecular flexibility index (Phi) is 4.80. The van der Waals surface area contributed by atoms with Crippen LogP contribution in [0.25, 0.3) is 11.5 Å². The first-order valence-corrected chi connectivity index (χ1v) is 6.87. The minimum Gasteiger partial charge on any atom is -0.458 e. The van der Waals surface area contributed by atoms with E-state index in [9.17, 15) is 0 Å². The van der Waals surface area contributed by atoms with E-state index in [4.69, 9.17) is 8.83 Å². The van der Waals surface area contributed by atoms with E-state index in [0.29, 0.717) is 11.7 Å². The van der Waals surface area contributed by atoms with Gasteiger partial charge in [-0.3, -0.25) is 0 Å². The largest absolute Gasteiger partial charge is 0.458 e. The third kappa shape index (κ3) is 4.24. The number of hydrogen-bond donors (Lipinski definition) is 1. The second-order valence-corrected chi connectivity index (χ2v) is 5.23. The van der Waals surface area contributed by atoms with Gasteiger partial charge in [0.1, 0.15) is 5.76 Å². The lowest BCUT2D eigenvalue weighted by molar-refractivity contribution is 0.463. The highest BCUT2D eigenvalue weighted by atomic mass is 16.4. The van der Waals surface area contributed by atoms with Gasteiger partial charge in [-0.1, -0.05) is 13.8 Å². The minimum atomic E-state index is 0.690. The third-order valence-corrected chi connectivity index (χ3v) is 2.83. The second-order valence-electron chi connectivity index (χ2n) is 5.23. The zero-order valence-electron chi connectivity index (χ0n) is 11.9. The maximum Gasteiger partial charge on any atom is 0.195 e. The van der Waals surface area contributed by atoms with Crippen LogP contribution in [0.2, 0.25) is 0 Å². The lowest BCUT2D eigenvalue weighted by Crippen LogP contribution is -2.21. The molecule has 0 fully saturated rings. The molecule has 2 aromatic rings. The van der Waals surface area contributed by atoms with Crippen LogP contribution in [-0.4, -0.2) is 18.1 Å². The Hall–Kier alpha value is -1.55. The second kappa shape index (κ2) is 6.57. The molecule has 19 heavy (non-hydrogen) atoms. The van der Waals surface area contributed by atoms with E-state index in [-0.39, 0.29) is 0 Å². The Balaban J connectivity index is 1.78. The van der Waals surface area contributed by atoms with Crippen molar-refractivity contribution in [1.82, 2.24) is 10.3 Å². The molecular weight excluding hydrogens is 240 g/mol. The summed E-state index contributed by atoms with van der Waals surface area (Å²) in [4.78, 5) is 4.28. The molecule has 0 radical (unpaired) electrons. The predicted molar refractivity (Wildman–Crippen MR) is 75.0 cm³/mol. The fraction of sp³-hybridized carbons (Fsp3) is 0.533. The number of hydrogen-bond acceptors (Lipinski definition) is 4. The number of nitrogens with zero attached hydrogens (tertiary/aromatic N) is 1. The molecule has 0 spiro atoms. The van der Waals surface area contributed by atoms with E-state index < -0.39 is 0 Å². The number of oxazole rings is 1. The number of aromatic nitrogens is 1. The van der Waals surface area contributed by atoms with E-state index in [1.807, 2.05) is 19.1 Å². The summed E-state index contributed by atoms with van der Waals surface area (Å²) in [5, 5.41) is 3.41. The number of nitrogens with one attached hydrogen (secondary N) is 1. The van der Waals surface area contributed by atoms with Gasteiger partial charge in [0.25, 0.3) is 0 Å². The highest BCUT2D eigenvalue weighted by Crippen LogP contribution is 2.22. The minimum absolute atomic E-state index is 0.690. The van der Waals surface area contributed by atoms with Gasteiger partial charge in [0.2, 0.25) is 0 Å². The highest BCUT2D eigenvalue weighted by Gasteiger charge is 2.09. The number of furan rings is 1. The summed E-state index contributed by atoms with van der Waals surface area (Å²) < 4.78 is 11.2. The Bertz CT molecular complexity index is 500. The van der Waals surface area contributed by atoms with Crippen LogP contribution in [0.15, 0.2) is 27.2 Å². The molecule has 0 aliphatic heterocycles. The molecule has 4 heteroatoms. The SMILES string of the molecule is Cc1ccc(-c2cnc(CCCNCC(C)C)o2)o1. The Morgan fingerprint density at radius 1 is 1.21 bits per heavy atom. The lowest BCUT2D eigenvalue weighted by Gasteiger charge is -2.05. The molecule has 2 rings (SSSR count). The first kappa shape index (κ1) is 13.9. The van der Waals surface area contributed by atoms with Gasteiger partial charge in [0.05, 0.1) is 6.20 Å². The molecule has 0 amide bonds. The molecule has 4 nitrogen and oxygen atoms in total. The van der Waals surface area contributed by atoms with Crippen molar-refractivity contribution in [3.63, 3.8) is 0 Å². The Labute approximate surface area is 114 Å². The summed E-state index contributed by atoms with van der Waals surface area (Å²) in [5.74, 6) is 3.80. The quantitative estimate of drug-likeness (QED) is 0.777. The van der Waals surface area contributed by atoms with Crippen LogP contribution in [0.1, 0.15) is 31.9 Å². The van der Waals surface area contributed by atoms with Crippen molar-refractivity contribution in [2.24, 2.45) is 5.92 Å². The standard InChI is InChI=1S/C15H22N2O2/c1-11(2)9-16-8-4-5-15-17-10-14(19-15)13-7-6-12(3)18-13/h6-7,10-11,16H,4-5,8-9H2,1-3H3. The summed E-state index contributed by atoms with van der Waals surface area (Å²) in [5.41, 5.74) is 0. The summed E-state index contributed by atoms with van der Waals surface area (Å²) >= 11 is 0. The van der Waals surface area contributed by atoms with Crippen molar-refractivity contribution in [3.8, 4) is 11.5 Å². The predicted octanol–water partition coefficient (Wildman–Crippen LogP) is 3.42. The first-order valence-electron chi connectivity index (χ1n) is 6.87. The summed E-state index contributed by atoms with van der Waals surface area (Å²) in [6, 6.07) is 3.83. The van der Waals surface area contributed by atoms with Crippen molar-refractivity contribution in [3.05, 3.63) is 30.0 Å². The fourth-order valence-electron chi connectivity index (χ4n) is 1.86. The fourth-order valence-corrected chi connectivity index (χ4v) is 1.86. The highest BCUT2D eigenvalue weighted by molar-refractivity contribution is 5.48. The number of rotatable bonds is 7. The van der Waals surface area contributed by atoms with Crippen LogP contribution in [0.4, 0.5) is 0 Å². The molecule has 104 valence electrons. The maximum absolute atomic E-state index is 5.68. The van der Waals surface area contributed by atoms with Gasteiger partial charge in [-0.15, -0.1) is 0 Å². The normalized spacial score (nSPS) is 11.4. The topological polar surface area (TPSA) is 51.2 Å². The van der Waals surface area contributed by atoms with Crippen molar-refractivity contribution in [2.45, 2.75) is 33.6 Å². The van der Waals surface area contributed by atoms with Gasteiger partial charge in [0.15, 0.2) is 17.4 Å². The van der Waals surface area contributed by atoms with Crippen molar-refractivity contribution in [2.75, 3.05) is 13.1 Å². The third-order valence-electron chi connectivity index (χ3n) is 2.83. The molecule has 1 N–H and O–H groups in total. The van der Waals surface area contributed by atoms with Gasteiger partial charge in [-0.05, 0) is 44.5 Å². The molecule has 2 heterocycles. The smallest absolute Gasteiger partial charge is 0.195 e. The van der Waals surface area contributed by atoms with Crippen LogP contribution < -0.4 is 5.32 Å². The molecular formula is C15H22N2O2. The van der Waals surface area contributed by atoms with Crippen molar-refractivity contribution >= 4 is 0 Å². The monoisotopic (exact) mass is 262 g/mol. The van der Waals surface area contributed by atoms with Crippen LogP contribution in [0.3, 0.4) is 0 Å². The van der Waals surface area contributed by atoms with Gasteiger partial charge < -0.3 is 14.2 Å². The molecule has 0 saturated carbocycles. The van der Waals surface area contributed by atoms with E-state index in [2.05, 4.69) is 24.1 Å². The van der Waals surface area contributed by atoms with E-state index in [1.165, 1.54) is 0 Å².